The Morgan fingerprint density at radius 3 is 2.83 bits per heavy atom. The van der Waals surface area contributed by atoms with Crippen LogP contribution in [0.2, 0.25) is 0 Å². The van der Waals surface area contributed by atoms with Crippen molar-refractivity contribution in [2.24, 2.45) is 0 Å². The van der Waals surface area contributed by atoms with Gasteiger partial charge in [-0.25, -0.2) is 8.78 Å². The van der Waals surface area contributed by atoms with Crippen LogP contribution in [0.25, 0.3) is 0 Å². The maximum absolute atomic E-state index is 13.2. The summed E-state index contributed by atoms with van der Waals surface area (Å²) in [5, 5.41) is 5.83. The van der Waals surface area contributed by atoms with Gasteiger partial charge in [-0.3, -0.25) is 4.79 Å². The first-order chi connectivity index (χ1) is 8.54. The highest BCUT2D eigenvalue weighted by atomic mass is 19.1. The summed E-state index contributed by atoms with van der Waals surface area (Å²) >= 11 is 0. The Morgan fingerprint density at radius 1 is 1.44 bits per heavy atom. The van der Waals surface area contributed by atoms with Gasteiger partial charge in [0, 0.05) is 13.0 Å². The lowest BCUT2D eigenvalue weighted by Crippen LogP contribution is -2.16. The summed E-state index contributed by atoms with van der Waals surface area (Å²) in [5.74, 6) is -1.52. The molecular formula is C11H9F2N3O2. The molecule has 0 aliphatic rings. The number of benzene rings is 1. The highest BCUT2D eigenvalue weighted by Crippen LogP contribution is 2.15. The lowest BCUT2D eigenvalue weighted by atomic mass is 10.3. The van der Waals surface area contributed by atoms with Crippen LogP contribution in [0.5, 0.6) is 0 Å². The zero-order chi connectivity index (χ0) is 13.1. The highest BCUT2D eigenvalue weighted by Gasteiger charge is 2.11. The van der Waals surface area contributed by atoms with Gasteiger partial charge in [-0.15, -0.1) is 0 Å². The van der Waals surface area contributed by atoms with Crippen LogP contribution in [0.3, 0.4) is 0 Å². The second-order valence-electron chi connectivity index (χ2n) is 3.58. The van der Waals surface area contributed by atoms with Crippen LogP contribution in [0, 0.1) is 18.6 Å². The van der Waals surface area contributed by atoms with E-state index in [-0.39, 0.29) is 17.9 Å². The molecule has 0 spiro atoms. The van der Waals surface area contributed by atoms with Crippen LogP contribution < -0.4 is 5.32 Å². The fourth-order valence-corrected chi connectivity index (χ4v) is 1.34. The van der Waals surface area contributed by atoms with Crippen LogP contribution in [-0.4, -0.2) is 16.0 Å². The number of halogens is 2. The van der Waals surface area contributed by atoms with E-state index in [2.05, 4.69) is 15.5 Å². The average molecular weight is 253 g/mol. The summed E-state index contributed by atoms with van der Waals surface area (Å²) in [6.07, 6.45) is -0.145. The molecule has 0 aliphatic heterocycles. The lowest BCUT2D eigenvalue weighted by Gasteiger charge is -2.04. The van der Waals surface area contributed by atoms with Crippen molar-refractivity contribution in [3.63, 3.8) is 0 Å². The topological polar surface area (TPSA) is 68.0 Å². The largest absolute Gasteiger partial charge is 0.340 e. The van der Waals surface area contributed by atoms with Gasteiger partial charge in [-0.1, -0.05) is 5.16 Å². The second kappa shape index (κ2) is 4.91. The smallest absolute Gasteiger partial charge is 0.232 e. The van der Waals surface area contributed by atoms with Crippen molar-refractivity contribution in [1.29, 1.82) is 0 Å². The Bertz CT molecular complexity index is 583. The Labute approximate surface area is 101 Å². The Kier molecular flexibility index (Phi) is 3.31. The number of anilines is 1. The zero-order valence-electron chi connectivity index (χ0n) is 9.41. The molecule has 7 heteroatoms. The van der Waals surface area contributed by atoms with E-state index >= 15 is 0 Å². The van der Waals surface area contributed by atoms with E-state index in [0.717, 1.165) is 12.1 Å². The number of aromatic nitrogens is 2. The first kappa shape index (κ1) is 12.2. The molecule has 0 fully saturated rings. The zero-order valence-corrected chi connectivity index (χ0v) is 9.41. The second-order valence-corrected chi connectivity index (χ2v) is 3.58. The summed E-state index contributed by atoms with van der Waals surface area (Å²) in [6.45, 7) is 1.59. The van der Waals surface area contributed by atoms with Crippen molar-refractivity contribution in [2.45, 2.75) is 13.3 Å². The predicted octanol–water partition coefficient (Wildman–Crippen LogP) is 1.84. The summed E-state index contributed by atoms with van der Waals surface area (Å²) in [4.78, 5) is 15.4. The third-order valence-corrected chi connectivity index (χ3v) is 2.09. The van der Waals surface area contributed by atoms with E-state index in [1.165, 1.54) is 0 Å². The van der Waals surface area contributed by atoms with E-state index in [9.17, 15) is 13.6 Å². The fourth-order valence-electron chi connectivity index (χ4n) is 1.34. The number of aryl methyl sites for hydroxylation is 1. The number of carbonyl (C=O) groups excluding carboxylic acids is 1. The third-order valence-electron chi connectivity index (χ3n) is 2.09. The van der Waals surface area contributed by atoms with Crippen LogP contribution >= 0.6 is 0 Å². The minimum atomic E-state index is -0.840. The van der Waals surface area contributed by atoms with Crippen molar-refractivity contribution in [2.75, 3.05) is 5.32 Å². The van der Waals surface area contributed by atoms with Crippen molar-refractivity contribution in [1.82, 2.24) is 10.1 Å². The minimum absolute atomic E-state index is 0.0957. The highest BCUT2D eigenvalue weighted by molar-refractivity contribution is 5.91. The summed E-state index contributed by atoms with van der Waals surface area (Å²) in [6, 6.07) is 2.88. The number of hydrogen-bond donors (Lipinski definition) is 1. The standard InChI is InChI=1S/C11H9F2N3O2/c1-6-14-10(16-18-6)5-11(17)15-9-3-2-7(12)4-8(9)13/h2-4H,5H2,1H3,(H,15,17). The van der Waals surface area contributed by atoms with Gasteiger partial charge in [-0.2, -0.15) is 4.98 Å². The molecule has 0 saturated heterocycles. The Balaban J connectivity index is 2.03. The molecule has 0 aliphatic carbocycles. The molecule has 0 bridgehead atoms. The molecule has 0 radical (unpaired) electrons. The average Bonchev–Trinajstić information content (AvgIpc) is 2.68. The van der Waals surface area contributed by atoms with E-state index in [0.29, 0.717) is 12.0 Å². The number of hydrogen-bond acceptors (Lipinski definition) is 4. The van der Waals surface area contributed by atoms with E-state index < -0.39 is 17.5 Å². The summed E-state index contributed by atoms with van der Waals surface area (Å²) < 4.78 is 30.6. The molecule has 1 N–H and O–H groups in total. The van der Waals surface area contributed by atoms with Gasteiger partial charge in [0.2, 0.25) is 11.8 Å². The quantitative estimate of drug-likeness (QED) is 0.906. The van der Waals surface area contributed by atoms with Gasteiger partial charge in [0.15, 0.2) is 5.82 Å². The number of carbonyl (C=O) groups is 1. The first-order valence-electron chi connectivity index (χ1n) is 5.08. The Hall–Kier alpha value is -2.31. The molecule has 1 aromatic heterocycles. The van der Waals surface area contributed by atoms with Gasteiger partial charge in [0.25, 0.3) is 0 Å². The maximum Gasteiger partial charge on any atom is 0.232 e. The third kappa shape index (κ3) is 2.88. The van der Waals surface area contributed by atoms with Crippen LogP contribution in [0.1, 0.15) is 11.7 Å². The molecule has 1 amide bonds. The first-order valence-corrected chi connectivity index (χ1v) is 5.08. The fraction of sp³-hybridized carbons (Fsp3) is 0.182. The van der Waals surface area contributed by atoms with Crippen LogP contribution in [-0.2, 0) is 11.2 Å². The molecule has 2 rings (SSSR count). The molecule has 2 aromatic rings. The van der Waals surface area contributed by atoms with Crippen molar-refractivity contribution < 1.29 is 18.1 Å². The van der Waals surface area contributed by atoms with Gasteiger partial charge >= 0.3 is 0 Å². The van der Waals surface area contributed by atoms with E-state index in [1.54, 1.807) is 6.92 Å². The van der Waals surface area contributed by atoms with Crippen molar-refractivity contribution in [3.8, 4) is 0 Å². The molecule has 5 nitrogen and oxygen atoms in total. The number of nitrogens with zero attached hydrogens (tertiary/aromatic N) is 2. The molecular weight excluding hydrogens is 244 g/mol. The maximum atomic E-state index is 13.2. The summed E-state index contributed by atoms with van der Waals surface area (Å²) in [7, 11) is 0. The molecule has 1 heterocycles. The summed E-state index contributed by atoms with van der Waals surface area (Å²) in [5.41, 5.74) is -0.0957. The van der Waals surface area contributed by atoms with Crippen LogP contribution in [0.4, 0.5) is 14.5 Å². The number of rotatable bonds is 3. The monoisotopic (exact) mass is 253 g/mol. The van der Waals surface area contributed by atoms with Gasteiger partial charge < -0.3 is 9.84 Å². The minimum Gasteiger partial charge on any atom is -0.340 e. The van der Waals surface area contributed by atoms with E-state index in [4.69, 9.17) is 4.52 Å². The predicted molar refractivity (Wildman–Crippen MR) is 57.7 cm³/mol. The van der Waals surface area contributed by atoms with Crippen molar-refractivity contribution >= 4 is 11.6 Å². The van der Waals surface area contributed by atoms with Gasteiger partial charge in [-0.05, 0) is 12.1 Å². The van der Waals surface area contributed by atoms with Gasteiger partial charge in [0.1, 0.15) is 11.6 Å². The molecule has 0 atom stereocenters. The lowest BCUT2D eigenvalue weighted by molar-refractivity contribution is -0.115. The normalized spacial score (nSPS) is 10.4. The molecule has 0 saturated carbocycles. The van der Waals surface area contributed by atoms with Gasteiger partial charge in [0.05, 0.1) is 12.1 Å². The Morgan fingerprint density at radius 2 is 2.22 bits per heavy atom. The number of nitrogens with one attached hydrogen (secondary N) is 1. The van der Waals surface area contributed by atoms with E-state index in [1.807, 2.05) is 0 Å². The van der Waals surface area contributed by atoms with Crippen molar-refractivity contribution in [3.05, 3.63) is 41.5 Å². The molecule has 94 valence electrons. The SMILES string of the molecule is Cc1nc(CC(=O)Nc2ccc(F)cc2F)no1. The number of amides is 1. The molecule has 1 aromatic carbocycles. The molecule has 18 heavy (non-hydrogen) atoms. The molecule has 0 unspecified atom stereocenters. The van der Waals surface area contributed by atoms with Crippen LogP contribution in [0.15, 0.2) is 22.7 Å².